The number of hydrogen-bond donors (Lipinski definition) is 2. The van der Waals surface area contributed by atoms with E-state index in [-0.39, 0.29) is 1.43 Å². The number of allylic oxidation sites excluding steroid dienone is 3. The predicted molar refractivity (Wildman–Crippen MR) is 114 cm³/mol. The Hall–Kier alpha value is -2.81. The number of piperidine rings is 1. The summed E-state index contributed by atoms with van der Waals surface area (Å²) in [7, 11) is 1.97. The van der Waals surface area contributed by atoms with Crippen LogP contribution in [0.4, 0.5) is 5.95 Å². The molecule has 0 unspecified atom stereocenters. The second-order valence-electron chi connectivity index (χ2n) is 6.33. The maximum Gasteiger partial charge on any atom is 0.225 e. The van der Waals surface area contributed by atoms with Gasteiger partial charge in [-0.05, 0) is 24.4 Å². The van der Waals surface area contributed by atoms with Gasteiger partial charge in [0.1, 0.15) is 5.71 Å². The van der Waals surface area contributed by atoms with Crippen molar-refractivity contribution in [3.05, 3.63) is 42.9 Å². The lowest BCUT2D eigenvalue weighted by molar-refractivity contribution is 0.378. The average Bonchev–Trinajstić information content (AvgIpc) is 2.71. The Labute approximate surface area is 166 Å². The quantitative estimate of drug-likeness (QED) is 0.602. The molecule has 1 aromatic heterocycles. The van der Waals surface area contributed by atoms with Crippen LogP contribution in [0, 0.1) is 5.41 Å². The van der Waals surface area contributed by atoms with Gasteiger partial charge in [0.2, 0.25) is 5.95 Å². The molecule has 2 aliphatic heterocycles. The SMILES string of the molecule is C=C/C=C1\C(=N)/C(=N\NC(=S)N2CCN(c3ncccn3)CC2)CCN1C.[HH]. The van der Waals surface area contributed by atoms with Crippen LogP contribution in [-0.2, 0) is 0 Å². The van der Waals surface area contributed by atoms with Crippen molar-refractivity contribution in [2.24, 2.45) is 5.10 Å². The standard InChI is InChI=1S/C18H24N8S.H2/c1-3-5-15-16(19)14(6-9-24(15)2)22-23-18(27)26-12-10-25(11-13-26)17-20-7-4-8-21-17;/h3-5,7-8,19H,1,6,9-13H2,2H3,(H,23,27);1H/b15-5+,19-16?,22-14-;. The van der Waals surface area contributed by atoms with E-state index in [0.29, 0.717) is 23.0 Å². The molecule has 0 atom stereocenters. The monoisotopic (exact) mass is 386 g/mol. The van der Waals surface area contributed by atoms with Crippen molar-refractivity contribution in [3.63, 3.8) is 0 Å². The molecule has 27 heavy (non-hydrogen) atoms. The van der Waals surface area contributed by atoms with Gasteiger partial charge in [-0.3, -0.25) is 10.8 Å². The summed E-state index contributed by atoms with van der Waals surface area (Å²) in [6.45, 7) is 7.68. The Bertz CT molecular complexity index is 771. The van der Waals surface area contributed by atoms with Gasteiger partial charge < -0.3 is 14.7 Å². The van der Waals surface area contributed by atoms with Crippen LogP contribution < -0.4 is 10.3 Å². The van der Waals surface area contributed by atoms with Gasteiger partial charge in [-0.15, -0.1) is 0 Å². The topological polar surface area (TPSA) is 83.7 Å². The van der Waals surface area contributed by atoms with E-state index in [1.54, 1.807) is 18.5 Å². The average molecular weight is 387 g/mol. The lowest BCUT2D eigenvalue weighted by atomic mass is 10.0. The molecule has 8 nitrogen and oxygen atoms in total. The molecule has 144 valence electrons. The molecule has 1 aromatic rings. The third-order valence-corrected chi connectivity index (χ3v) is 4.95. The number of rotatable bonds is 3. The summed E-state index contributed by atoms with van der Waals surface area (Å²) < 4.78 is 0. The van der Waals surface area contributed by atoms with Crippen molar-refractivity contribution < 1.29 is 1.43 Å². The largest absolute Gasteiger partial charge is 0.372 e. The molecule has 2 aliphatic rings. The van der Waals surface area contributed by atoms with Crippen LogP contribution in [0.2, 0.25) is 0 Å². The number of piperazine rings is 1. The molecule has 2 N–H and O–H groups in total. The third kappa shape index (κ3) is 4.48. The van der Waals surface area contributed by atoms with E-state index in [4.69, 9.17) is 17.6 Å². The van der Waals surface area contributed by atoms with Gasteiger partial charge in [0, 0.05) is 60.0 Å². The molecule has 2 fully saturated rings. The number of likely N-dealkylation sites (tertiary alicyclic amines) is 1. The molecule has 0 spiro atoms. The molecule has 0 aromatic carbocycles. The zero-order valence-electron chi connectivity index (χ0n) is 15.4. The van der Waals surface area contributed by atoms with E-state index in [1.807, 2.05) is 24.1 Å². The normalized spacial score (nSPS) is 20.9. The molecule has 0 amide bonds. The van der Waals surface area contributed by atoms with E-state index in [2.05, 4.69) is 36.9 Å². The molecule has 9 heteroatoms. The van der Waals surface area contributed by atoms with Gasteiger partial charge >= 0.3 is 0 Å². The maximum atomic E-state index is 8.34. The smallest absolute Gasteiger partial charge is 0.225 e. The summed E-state index contributed by atoms with van der Waals surface area (Å²) >= 11 is 5.49. The lowest BCUT2D eigenvalue weighted by Crippen LogP contribution is -2.51. The minimum absolute atomic E-state index is 0. The molecule has 0 radical (unpaired) electrons. The van der Waals surface area contributed by atoms with Crippen molar-refractivity contribution in [3.8, 4) is 0 Å². The van der Waals surface area contributed by atoms with Crippen molar-refractivity contribution in [1.82, 2.24) is 25.2 Å². The van der Waals surface area contributed by atoms with Crippen LogP contribution in [0.1, 0.15) is 7.85 Å². The van der Waals surface area contributed by atoms with E-state index in [9.17, 15) is 0 Å². The predicted octanol–water partition coefficient (Wildman–Crippen LogP) is 1.50. The van der Waals surface area contributed by atoms with E-state index >= 15 is 0 Å². The highest BCUT2D eigenvalue weighted by Crippen LogP contribution is 2.14. The highest BCUT2D eigenvalue weighted by atomic mass is 32.1. The van der Waals surface area contributed by atoms with Gasteiger partial charge in [0.15, 0.2) is 5.11 Å². The molecule has 3 rings (SSSR count). The Balaban J connectivity index is 0.00000280. The summed E-state index contributed by atoms with van der Waals surface area (Å²) in [6.07, 6.45) is 7.74. The molecule has 0 aliphatic carbocycles. The first-order chi connectivity index (χ1) is 13.1. The Morgan fingerprint density at radius 1 is 1.30 bits per heavy atom. The number of nitrogens with one attached hydrogen (secondary N) is 2. The van der Waals surface area contributed by atoms with Crippen LogP contribution in [0.3, 0.4) is 0 Å². The maximum absolute atomic E-state index is 8.34. The van der Waals surface area contributed by atoms with Crippen molar-refractivity contribution in [2.75, 3.05) is 44.7 Å². The summed E-state index contributed by atoms with van der Waals surface area (Å²) in [4.78, 5) is 14.8. The van der Waals surface area contributed by atoms with Crippen LogP contribution >= 0.6 is 12.2 Å². The fourth-order valence-corrected chi connectivity index (χ4v) is 3.27. The van der Waals surface area contributed by atoms with Gasteiger partial charge in [-0.25, -0.2) is 9.97 Å². The number of hydrazone groups is 1. The van der Waals surface area contributed by atoms with Crippen LogP contribution in [0.25, 0.3) is 0 Å². The van der Waals surface area contributed by atoms with E-state index < -0.39 is 0 Å². The minimum Gasteiger partial charge on any atom is -0.372 e. The fraction of sp³-hybridized carbons (Fsp3) is 0.389. The first kappa shape index (κ1) is 19.0. The molecule has 0 saturated carbocycles. The second kappa shape index (κ2) is 8.72. The minimum atomic E-state index is 0. The van der Waals surface area contributed by atoms with Gasteiger partial charge in [0.25, 0.3) is 0 Å². The third-order valence-electron chi connectivity index (χ3n) is 4.60. The number of hydrogen-bond acceptors (Lipinski definition) is 7. The van der Waals surface area contributed by atoms with Gasteiger partial charge in [0.05, 0.1) is 11.4 Å². The van der Waals surface area contributed by atoms with Crippen molar-refractivity contribution >= 4 is 34.7 Å². The van der Waals surface area contributed by atoms with Crippen molar-refractivity contribution in [2.45, 2.75) is 6.42 Å². The summed E-state index contributed by atoms with van der Waals surface area (Å²) in [5.74, 6) is 0.748. The van der Waals surface area contributed by atoms with Crippen LogP contribution in [0.15, 0.2) is 48.0 Å². The number of nitrogens with zero attached hydrogens (tertiary/aromatic N) is 6. The summed E-state index contributed by atoms with van der Waals surface area (Å²) in [5, 5.41) is 13.3. The van der Waals surface area contributed by atoms with Crippen LogP contribution in [-0.4, -0.2) is 76.1 Å². The zero-order chi connectivity index (χ0) is 19.2. The van der Waals surface area contributed by atoms with Gasteiger partial charge in [-0.2, -0.15) is 5.10 Å². The number of thiocarbonyl (C=S) groups is 1. The first-order valence-electron chi connectivity index (χ1n) is 8.86. The van der Waals surface area contributed by atoms with Crippen molar-refractivity contribution in [1.29, 1.82) is 5.41 Å². The Morgan fingerprint density at radius 3 is 2.67 bits per heavy atom. The lowest BCUT2D eigenvalue weighted by Gasteiger charge is -2.35. The highest BCUT2D eigenvalue weighted by molar-refractivity contribution is 7.80. The zero-order valence-corrected chi connectivity index (χ0v) is 16.2. The van der Waals surface area contributed by atoms with Crippen LogP contribution in [0.5, 0.6) is 0 Å². The molecule has 0 bridgehead atoms. The molecular weight excluding hydrogens is 360 g/mol. The van der Waals surface area contributed by atoms with Gasteiger partial charge in [-0.1, -0.05) is 12.7 Å². The number of anilines is 1. The molecule has 2 saturated heterocycles. The van der Waals surface area contributed by atoms with E-state index in [1.165, 1.54) is 0 Å². The number of aromatic nitrogens is 2. The fourth-order valence-electron chi connectivity index (χ4n) is 3.04. The summed E-state index contributed by atoms with van der Waals surface area (Å²) in [5.41, 5.74) is 4.90. The Morgan fingerprint density at radius 2 is 2.00 bits per heavy atom. The second-order valence-corrected chi connectivity index (χ2v) is 6.72. The molecule has 3 heterocycles. The molecular formula is C18H26N8S. The first-order valence-corrected chi connectivity index (χ1v) is 9.27. The highest BCUT2D eigenvalue weighted by Gasteiger charge is 2.23. The summed E-state index contributed by atoms with van der Waals surface area (Å²) in [6, 6.07) is 1.81. The van der Waals surface area contributed by atoms with E-state index in [0.717, 1.165) is 44.4 Å². The Kier molecular flexibility index (Phi) is 6.12.